The van der Waals surface area contributed by atoms with Crippen LogP contribution in [0.15, 0.2) is 41.8 Å². The summed E-state index contributed by atoms with van der Waals surface area (Å²) in [5, 5.41) is 5.25. The van der Waals surface area contributed by atoms with Gasteiger partial charge in [0, 0.05) is 24.2 Å². The van der Waals surface area contributed by atoms with Gasteiger partial charge in [-0.15, -0.1) is 11.3 Å². The molecule has 0 spiro atoms. The van der Waals surface area contributed by atoms with Gasteiger partial charge < -0.3 is 15.0 Å². The second kappa shape index (κ2) is 8.64. The fourth-order valence-electron chi connectivity index (χ4n) is 2.31. The molecule has 25 heavy (non-hydrogen) atoms. The highest BCUT2D eigenvalue weighted by Gasteiger charge is 2.30. The van der Waals surface area contributed by atoms with Crippen molar-refractivity contribution in [2.75, 3.05) is 25.6 Å². The predicted octanol–water partition coefficient (Wildman–Crippen LogP) is 5.17. The lowest BCUT2D eigenvalue weighted by molar-refractivity contribution is -0.137. The lowest BCUT2D eigenvalue weighted by Crippen LogP contribution is -2.38. The van der Waals surface area contributed by atoms with E-state index in [1.807, 2.05) is 29.3 Å². The Labute approximate surface area is 154 Å². The van der Waals surface area contributed by atoms with E-state index in [2.05, 4.69) is 5.32 Å². The number of thiocarbonyl (C=S) groups is 1. The number of alkyl halides is 3. The number of rotatable bonds is 6. The van der Waals surface area contributed by atoms with E-state index in [-0.39, 0.29) is 6.04 Å². The lowest BCUT2D eigenvalue weighted by Gasteiger charge is -2.31. The van der Waals surface area contributed by atoms with E-state index in [1.54, 1.807) is 24.5 Å². The molecular formula is C17H19F3N2OS2. The van der Waals surface area contributed by atoms with Crippen molar-refractivity contribution in [2.24, 2.45) is 0 Å². The molecule has 0 amide bonds. The molecule has 1 atom stereocenters. The average Bonchev–Trinajstić information content (AvgIpc) is 3.09. The number of anilines is 1. The van der Waals surface area contributed by atoms with Crippen molar-refractivity contribution in [3.8, 4) is 0 Å². The molecular weight excluding hydrogens is 369 g/mol. The number of methoxy groups -OCH3 is 1. The van der Waals surface area contributed by atoms with Gasteiger partial charge in [0.25, 0.3) is 0 Å². The minimum Gasteiger partial charge on any atom is -0.383 e. The van der Waals surface area contributed by atoms with Crippen molar-refractivity contribution >= 4 is 34.4 Å². The molecule has 1 unspecified atom stereocenters. The monoisotopic (exact) mass is 388 g/mol. The van der Waals surface area contributed by atoms with Crippen LogP contribution in [0, 0.1) is 0 Å². The van der Waals surface area contributed by atoms with Crippen molar-refractivity contribution in [3.05, 3.63) is 52.2 Å². The third-order valence-corrected chi connectivity index (χ3v) is 5.04. The first-order valence-corrected chi connectivity index (χ1v) is 8.89. The van der Waals surface area contributed by atoms with Crippen LogP contribution in [0.5, 0.6) is 0 Å². The molecule has 1 N–H and O–H groups in total. The molecule has 0 saturated heterocycles. The van der Waals surface area contributed by atoms with Crippen LogP contribution in [0.2, 0.25) is 0 Å². The van der Waals surface area contributed by atoms with E-state index in [1.165, 1.54) is 6.07 Å². The number of hydrogen-bond acceptors (Lipinski definition) is 3. The van der Waals surface area contributed by atoms with Crippen LogP contribution in [0.25, 0.3) is 0 Å². The Kier molecular flexibility index (Phi) is 6.80. The zero-order valence-corrected chi connectivity index (χ0v) is 15.5. The summed E-state index contributed by atoms with van der Waals surface area (Å²) in [6.07, 6.45) is -4.39. The Bertz CT molecular complexity index is 689. The minimum absolute atomic E-state index is 0.0130. The summed E-state index contributed by atoms with van der Waals surface area (Å²) in [6.45, 7) is 2.99. The number of nitrogens with one attached hydrogen (secondary N) is 1. The summed E-state index contributed by atoms with van der Waals surface area (Å²) in [4.78, 5) is 3.02. The number of nitrogens with zero attached hydrogens (tertiary/aromatic N) is 1. The Morgan fingerprint density at radius 2 is 2.08 bits per heavy atom. The van der Waals surface area contributed by atoms with Crippen molar-refractivity contribution in [3.63, 3.8) is 0 Å². The first-order valence-electron chi connectivity index (χ1n) is 7.60. The summed E-state index contributed by atoms with van der Waals surface area (Å²) in [6, 6.07) is 8.95. The maximum atomic E-state index is 12.9. The van der Waals surface area contributed by atoms with Gasteiger partial charge in [-0.3, -0.25) is 0 Å². The van der Waals surface area contributed by atoms with Crippen molar-refractivity contribution in [1.82, 2.24) is 4.90 Å². The van der Waals surface area contributed by atoms with Crippen molar-refractivity contribution in [1.29, 1.82) is 0 Å². The summed E-state index contributed by atoms with van der Waals surface area (Å²) >= 11 is 7.04. The molecule has 8 heteroatoms. The van der Waals surface area contributed by atoms with Gasteiger partial charge in [0.1, 0.15) is 0 Å². The predicted molar refractivity (Wildman–Crippen MR) is 99.0 cm³/mol. The van der Waals surface area contributed by atoms with Gasteiger partial charge in [-0.05, 0) is 48.8 Å². The molecule has 0 fully saturated rings. The van der Waals surface area contributed by atoms with E-state index in [0.29, 0.717) is 24.0 Å². The van der Waals surface area contributed by atoms with Gasteiger partial charge in [0.05, 0.1) is 18.2 Å². The highest BCUT2D eigenvalue weighted by Crippen LogP contribution is 2.31. The Morgan fingerprint density at radius 3 is 2.68 bits per heavy atom. The number of thiophene rings is 1. The third kappa shape index (κ3) is 5.42. The average molecular weight is 388 g/mol. The Morgan fingerprint density at radius 1 is 1.32 bits per heavy atom. The van der Waals surface area contributed by atoms with Gasteiger partial charge in [0.15, 0.2) is 5.11 Å². The minimum atomic E-state index is -4.39. The molecule has 2 aromatic rings. The van der Waals surface area contributed by atoms with Crippen LogP contribution in [-0.4, -0.2) is 30.3 Å². The fraction of sp³-hybridized carbons (Fsp3) is 0.353. The zero-order valence-electron chi connectivity index (χ0n) is 13.8. The molecule has 1 heterocycles. The van der Waals surface area contributed by atoms with Crippen LogP contribution >= 0.6 is 23.6 Å². The summed E-state index contributed by atoms with van der Waals surface area (Å²) in [7, 11) is 1.59. The summed E-state index contributed by atoms with van der Waals surface area (Å²) < 4.78 is 43.7. The third-order valence-electron chi connectivity index (χ3n) is 3.66. The second-order valence-corrected chi connectivity index (χ2v) is 6.75. The van der Waals surface area contributed by atoms with Crippen LogP contribution in [0.3, 0.4) is 0 Å². The molecule has 0 saturated carbocycles. The van der Waals surface area contributed by atoms with Crippen LogP contribution in [0.4, 0.5) is 18.9 Å². The molecule has 0 aliphatic carbocycles. The van der Waals surface area contributed by atoms with E-state index < -0.39 is 11.7 Å². The van der Waals surface area contributed by atoms with Crippen LogP contribution < -0.4 is 5.32 Å². The normalized spacial score (nSPS) is 12.7. The number of halogens is 3. The quantitative estimate of drug-likeness (QED) is 0.690. The van der Waals surface area contributed by atoms with Crippen LogP contribution in [-0.2, 0) is 10.9 Å². The zero-order chi connectivity index (χ0) is 18.4. The largest absolute Gasteiger partial charge is 0.416 e. The highest BCUT2D eigenvalue weighted by molar-refractivity contribution is 7.80. The maximum absolute atomic E-state index is 12.9. The van der Waals surface area contributed by atoms with Gasteiger partial charge >= 0.3 is 6.18 Å². The molecule has 1 aromatic carbocycles. The van der Waals surface area contributed by atoms with Crippen LogP contribution in [0.1, 0.15) is 23.4 Å². The van der Waals surface area contributed by atoms with Crippen molar-refractivity contribution < 1.29 is 17.9 Å². The molecule has 0 bridgehead atoms. The van der Waals surface area contributed by atoms with Gasteiger partial charge in [-0.1, -0.05) is 12.1 Å². The summed E-state index contributed by atoms with van der Waals surface area (Å²) in [5.41, 5.74) is -0.407. The smallest absolute Gasteiger partial charge is 0.383 e. The molecule has 2 rings (SSSR count). The number of benzene rings is 1. The topological polar surface area (TPSA) is 24.5 Å². The van der Waals surface area contributed by atoms with Crippen molar-refractivity contribution in [2.45, 2.75) is 19.1 Å². The van der Waals surface area contributed by atoms with Gasteiger partial charge in [-0.25, -0.2) is 0 Å². The lowest BCUT2D eigenvalue weighted by atomic mass is 10.2. The molecule has 136 valence electrons. The van der Waals surface area contributed by atoms with E-state index in [4.69, 9.17) is 17.0 Å². The molecule has 3 nitrogen and oxygen atoms in total. The SMILES string of the molecule is COCCN(C(=S)Nc1cccc(C(F)(F)F)c1)C(C)c1cccs1. The Hall–Kier alpha value is -1.64. The summed E-state index contributed by atoms with van der Waals surface area (Å²) in [5.74, 6) is 0. The molecule has 0 aliphatic heterocycles. The standard InChI is InChI=1S/C17H19F3N2OS2/c1-12(15-7-4-10-25-15)22(8-9-23-2)16(24)21-14-6-3-5-13(11-14)17(18,19)20/h3-7,10-12H,8-9H2,1-2H3,(H,21,24). The van der Waals surface area contributed by atoms with E-state index in [9.17, 15) is 13.2 Å². The maximum Gasteiger partial charge on any atom is 0.416 e. The van der Waals surface area contributed by atoms with Gasteiger partial charge in [0.2, 0.25) is 0 Å². The second-order valence-electron chi connectivity index (χ2n) is 5.39. The first kappa shape index (κ1) is 19.7. The highest BCUT2D eigenvalue weighted by atomic mass is 32.1. The molecule has 0 radical (unpaired) electrons. The van der Waals surface area contributed by atoms with Gasteiger partial charge in [-0.2, -0.15) is 13.2 Å². The molecule has 0 aliphatic rings. The number of ether oxygens (including phenoxy) is 1. The Balaban J connectivity index is 2.16. The first-order chi connectivity index (χ1) is 11.8. The van der Waals surface area contributed by atoms with E-state index >= 15 is 0 Å². The number of hydrogen-bond donors (Lipinski definition) is 1. The van der Waals surface area contributed by atoms with E-state index in [0.717, 1.165) is 17.0 Å². The fourth-order valence-corrected chi connectivity index (χ4v) is 3.47. The molecule has 1 aromatic heterocycles.